The highest BCUT2D eigenvalue weighted by molar-refractivity contribution is 5.19. The van der Waals surface area contributed by atoms with E-state index in [-0.39, 0.29) is 33.2 Å². The van der Waals surface area contributed by atoms with Crippen LogP contribution in [0, 0.1) is 11.8 Å². The van der Waals surface area contributed by atoms with Crippen molar-refractivity contribution in [1.82, 2.24) is 30.2 Å². The van der Waals surface area contributed by atoms with E-state index in [2.05, 4.69) is 99.5 Å². The van der Waals surface area contributed by atoms with E-state index in [0.29, 0.717) is 24.0 Å². The Labute approximate surface area is 283 Å². The molecule has 2 spiro atoms. The van der Waals surface area contributed by atoms with E-state index in [9.17, 15) is 0 Å². The fraction of sp³-hybridized carbons (Fsp3) is 1.00. The lowest BCUT2D eigenvalue weighted by atomic mass is 9.60. The zero-order chi connectivity index (χ0) is 33.2. The number of hydrogen-bond acceptors (Lipinski definition) is 8. The molecule has 0 aromatic carbocycles. The number of hydrogen-bond donors (Lipinski definition) is 2. The van der Waals surface area contributed by atoms with Crippen LogP contribution in [0.3, 0.4) is 0 Å². The molecule has 8 nitrogen and oxygen atoms in total. The first-order valence-corrected chi connectivity index (χ1v) is 19.5. The van der Waals surface area contributed by atoms with Gasteiger partial charge in [-0.15, -0.1) is 0 Å². The van der Waals surface area contributed by atoms with Crippen molar-refractivity contribution < 1.29 is 9.47 Å². The van der Waals surface area contributed by atoms with Gasteiger partial charge in [0.15, 0.2) is 0 Å². The number of ether oxygens (including phenoxy) is 2. The van der Waals surface area contributed by atoms with Crippen molar-refractivity contribution in [2.45, 2.75) is 166 Å². The third-order valence-electron chi connectivity index (χ3n) is 15.5. The molecule has 6 heterocycles. The lowest BCUT2D eigenvalue weighted by Gasteiger charge is -2.64. The van der Waals surface area contributed by atoms with Crippen LogP contribution < -0.4 is 10.6 Å². The maximum Gasteiger partial charge on any atom is 0.0936 e. The lowest BCUT2D eigenvalue weighted by molar-refractivity contribution is -0.124. The van der Waals surface area contributed by atoms with Gasteiger partial charge in [0.25, 0.3) is 0 Å². The fourth-order valence-corrected chi connectivity index (χ4v) is 11.3. The molecule has 0 bridgehead atoms. The molecular formula is C38H72N6O2. The van der Waals surface area contributed by atoms with Gasteiger partial charge in [-0.1, -0.05) is 41.5 Å². The van der Waals surface area contributed by atoms with Gasteiger partial charge in [0.1, 0.15) is 0 Å². The third-order valence-corrected chi connectivity index (χ3v) is 15.5. The van der Waals surface area contributed by atoms with E-state index in [0.717, 1.165) is 39.6 Å². The van der Waals surface area contributed by atoms with Crippen LogP contribution in [0.1, 0.15) is 121 Å². The summed E-state index contributed by atoms with van der Waals surface area (Å²) >= 11 is 0. The number of unbranched alkanes of at least 4 members (excludes halogenated alkanes) is 1. The molecule has 0 saturated carbocycles. The van der Waals surface area contributed by atoms with Crippen molar-refractivity contribution in [3.8, 4) is 0 Å². The van der Waals surface area contributed by atoms with E-state index in [1.54, 1.807) is 0 Å². The Kier molecular flexibility index (Phi) is 9.86. The summed E-state index contributed by atoms with van der Waals surface area (Å²) in [7, 11) is 0. The second kappa shape index (κ2) is 12.8. The average Bonchev–Trinajstić information content (AvgIpc) is 3.98. The van der Waals surface area contributed by atoms with E-state index in [1.807, 2.05) is 0 Å². The predicted octanol–water partition coefficient (Wildman–Crippen LogP) is 5.13. The van der Waals surface area contributed by atoms with Gasteiger partial charge >= 0.3 is 0 Å². The summed E-state index contributed by atoms with van der Waals surface area (Å²) in [6.07, 6.45) is 10.7. The summed E-state index contributed by atoms with van der Waals surface area (Å²) in [6, 6.07) is 0. The molecule has 6 fully saturated rings. The Balaban J connectivity index is 1.03. The molecule has 6 aliphatic rings. The van der Waals surface area contributed by atoms with Crippen molar-refractivity contribution >= 4 is 0 Å². The Hall–Kier alpha value is -0.320. The molecule has 10 unspecified atom stereocenters. The maximum atomic E-state index is 5.75. The Bertz CT molecular complexity index is 990. The van der Waals surface area contributed by atoms with Gasteiger partial charge in [-0.05, 0) is 104 Å². The van der Waals surface area contributed by atoms with Crippen LogP contribution in [0.5, 0.6) is 0 Å². The molecule has 2 N–H and O–H groups in total. The summed E-state index contributed by atoms with van der Waals surface area (Å²) in [5.41, 5.74) is 1.14. The van der Waals surface area contributed by atoms with Crippen LogP contribution in [-0.2, 0) is 9.47 Å². The molecule has 0 aromatic heterocycles. The van der Waals surface area contributed by atoms with Crippen molar-refractivity contribution in [1.29, 1.82) is 0 Å². The van der Waals surface area contributed by atoms with Crippen LogP contribution in [0.4, 0.5) is 0 Å². The summed E-state index contributed by atoms with van der Waals surface area (Å²) in [5, 5.41) is 8.29. The van der Waals surface area contributed by atoms with E-state index in [4.69, 9.17) is 9.47 Å². The quantitative estimate of drug-likeness (QED) is 0.212. The number of nitrogens with zero attached hydrogens (tertiary/aromatic N) is 4. The number of nitrogens with one attached hydrogen (secondary N) is 2. The van der Waals surface area contributed by atoms with E-state index < -0.39 is 0 Å². The van der Waals surface area contributed by atoms with Gasteiger partial charge in [0, 0.05) is 72.7 Å². The van der Waals surface area contributed by atoms with Crippen LogP contribution >= 0.6 is 0 Å². The van der Waals surface area contributed by atoms with Crippen molar-refractivity contribution in [3.63, 3.8) is 0 Å². The molecule has 0 aromatic rings. The average molecular weight is 645 g/mol. The summed E-state index contributed by atoms with van der Waals surface area (Å²) in [5.74, 6) is 1.18. The van der Waals surface area contributed by atoms with Gasteiger partial charge in [-0.25, -0.2) is 0 Å². The zero-order valence-corrected chi connectivity index (χ0v) is 31.6. The number of epoxide rings is 2. The van der Waals surface area contributed by atoms with Crippen LogP contribution in [0.15, 0.2) is 0 Å². The normalized spacial score (nSPS) is 48.7. The monoisotopic (exact) mass is 645 g/mol. The summed E-state index contributed by atoms with van der Waals surface area (Å²) in [4.78, 5) is 11.2. The standard InChI is InChI=1S/C38H72N6O2/c1-11-33(7)23-37(29(5)35(9,13-3)43(33)19-31-21-45-31)25-41(27-39-37)17-15-16-18-42-26-38(40-28-42)24-34(8,12-2)44(20-32-22-46-32)36(10,14-4)30(38)6/h29-32,39-40H,11-28H2,1-10H3. The Morgan fingerprint density at radius 3 is 1.28 bits per heavy atom. The summed E-state index contributed by atoms with van der Waals surface area (Å²) in [6.45, 7) is 35.8. The minimum atomic E-state index is 0.178. The minimum Gasteiger partial charge on any atom is -0.372 e. The fourth-order valence-electron chi connectivity index (χ4n) is 11.3. The Morgan fingerprint density at radius 2 is 0.978 bits per heavy atom. The number of likely N-dealkylation sites (tertiary alicyclic amines) is 2. The molecule has 6 rings (SSSR count). The SMILES string of the molecule is CCC1(C)CC2(CN(CCCCN3CNC4(C3)CC(C)(CC)N(CC3CO3)C(C)(CC)C4C)CN2)C(C)C(C)(CC)N1CC1CO1. The molecule has 0 aliphatic carbocycles. The lowest BCUT2D eigenvalue weighted by Crippen LogP contribution is -2.74. The minimum absolute atomic E-state index is 0.178. The molecule has 10 atom stereocenters. The van der Waals surface area contributed by atoms with Gasteiger partial charge < -0.3 is 9.47 Å². The molecule has 0 radical (unpaired) electrons. The topological polar surface area (TPSA) is 62.1 Å². The Morgan fingerprint density at radius 1 is 0.609 bits per heavy atom. The second-order valence-electron chi connectivity index (χ2n) is 17.8. The predicted molar refractivity (Wildman–Crippen MR) is 189 cm³/mol. The van der Waals surface area contributed by atoms with Crippen LogP contribution in [-0.4, -0.2) is 131 Å². The second-order valence-corrected chi connectivity index (χ2v) is 17.8. The highest BCUT2D eigenvalue weighted by atomic mass is 16.6. The molecule has 46 heavy (non-hydrogen) atoms. The van der Waals surface area contributed by atoms with Gasteiger partial charge in [-0.2, -0.15) is 0 Å². The first-order valence-electron chi connectivity index (χ1n) is 19.5. The van der Waals surface area contributed by atoms with Crippen molar-refractivity contribution in [2.24, 2.45) is 11.8 Å². The first kappa shape index (κ1) is 35.5. The van der Waals surface area contributed by atoms with E-state index >= 15 is 0 Å². The molecule has 0 amide bonds. The third kappa shape index (κ3) is 6.05. The van der Waals surface area contributed by atoms with Crippen molar-refractivity contribution in [3.05, 3.63) is 0 Å². The van der Waals surface area contributed by atoms with Gasteiger partial charge in [-0.3, -0.25) is 30.2 Å². The molecular weight excluding hydrogens is 572 g/mol. The van der Waals surface area contributed by atoms with Crippen LogP contribution in [0.2, 0.25) is 0 Å². The molecule has 8 heteroatoms. The molecule has 266 valence electrons. The largest absolute Gasteiger partial charge is 0.372 e. The molecule has 6 saturated heterocycles. The van der Waals surface area contributed by atoms with Gasteiger partial charge in [0.2, 0.25) is 0 Å². The van der Waals surface area contributed by atoms with Crippen molar-refractivity contribution in [2.75, 3.05) is 65.8 Å². The highest BCUT2D eigenvalue weighted by Gasteiger charge is 2.62. The highest BCUT2D eigenvalue weighted by Crippen LogP contribution is 2.53. The first-order chi connectivity index (χ1) is 21.8. The number of rotatable bonds is 13. The summed E-state index contributed by atoms with van der Waals surface area (Å²) < 4.78 is 11.5. The van der Waals surface area contributed by atoms with Gasteiger partial charge in [0.05, 0.1) is 25.4 Å². The number of piperidine rings is 2. The molecule has 6 aliphatic heterocycles. The van der Waals surface area contributed by atoms with Crippen LogP contribution in [0.25, 0.3) is 0 Å². The smallest absolute Gasteiger partial charge is 0.0936 e. The zero-order valence-electron chi connectivity index (χ0n) is 31.6. The maximum absolute atomic E-state index is 5.75. The van der Waals surface area contributed by atoms with E-state index in [1.165, 1.54) is 77.5 Å².